The summed E-state index contributed by atoms with van der Waals surface area (Å²) in [6, 6.07) is 16.6. The Hall–Kier alpha value is -3.45. The highest BCUT2D eigenvalue weighted by molar-refractivity contribution is 8.26. The van der Waals surface area contributed by atoms with E-state index in [1.807, 2.05) is 19.1 Å². The van der Waals surface area contributed by atoms with Gasteiger partial charge in [-0.1, -0.05) is 50.2 Å². The lowest BCUT2D eigenvalue weighted by Gasteiger charge is -2.20. The highest BCUT2D eigenvalue weighted by Gasteiger charge is 2.35. The summed E-state index contributed by atoms with van der Waals surface area (Å²) in [6.45, 7) is 8.34. The van der Waals surface area contributed by atoms with Gasteiger partial charge in [-0.3, -0.25) is 10.2 Å². The zero-order valence-corrected chi connectivity index (χ0v) is 19.9. The zero-order chi connectivity index (χ0) is 23.3. The number of hydrazone groups is 1. The molecule has 0 unspecified atom stereocenters. The van der Waals surface area contributed by atoms with Crippen molar-refractivity contribution in [1.29, 1.82) is 5.41 Å². The van der Waals surface area contributed by atoms with Crippen LogP contribution in [0.15, 0.2) is 64.2 Å². The molecule has 0 aliphatic carbocycles. The van der Waals surface area contributed by atoms with E-state index in [9.17, 15) is 4.79 Å². The van der Waals surface area contributed by atoms with Crippen LogP contribution in [0.3, 0.4) is 0 Å². The van der Waals surface area contributed by atoms with Crippen LogP contribution in [0.1, 0.15) is 37.2 Å². The normalized spacial score (nSPS) is 17.2. The monoisotopic (exact) mass is 455 g/mol. The van der Waals surface area contributed by atoms with E-state index in [1.54, 1.807) is 6.08 Å². The molecule has 1 amide bonds. The van der Waals surface area contributed by atoms with Gasteiger partial charge in [-0.25, -0.2) is 0 Å². The SMILES string of the molecule is Cc1cc(/C=C2\C(=N)N3N=C(CC(C)C)SC3=NC2=O)c(C)n1-c1cccc2ccccc12. The van der Waals surface area contributed by atoms with E-state index < -0.39 is 5.91 Å². The van der Waals surface area contributed by atoms with Gasteiger partial charge in [0.15, 0.2) is 5.84 Å². The molecular formula is C26H25N5OS. The Morgan fingerprint density at radius 1 is 1.12 bits per heavy atom. The molecule has 3 heterocycles. The average Bonchev–Trinajstić information content (AvgIpc) is 3.29. The maximum Gasteiger partial charge on any atom is 0.283 e. The number of hydrogen-bond donors (Lipinski definition) is 1. The number of amidine groups is 2. The largest absolute Gasteiger partial charge is 0.317 e. The van der Waals surface area contributed by atoms with E-state index in [0.717, 1.165) is 39.5 Å². The third kappa shape index (κ3) is 3.72. The molecule has 7 heteroatoms. The Kier molecular flexibility index (Phi) is 5.29. The molecule has 1 N–H and O–H groups in total. The molecule has 6 nitrogen and oxygen atoms in total. The van der Waals surface area contributed by atoms with Gasteiger partial charge in [-0.05, 0) is 60.7 Å². The predicted octanol–water partition coefficient (Wildman–Crippen LogP) is 5.91. The number of rotatable bonds is 4. The van der Waals surface area contributed by atoms with Crippen LogP contribution in [0.5, 0.6) is 0 Å². The summed E-state index contributed by atoms with van der Waals surface area (Å²) in [5, 5.41) is 18.4. The molecule has 0 spiro atoms. The summed E-state index contributed by atoms with van der Waals surface area (Å²) in [7, 11) is 0. The third-order valence-electron chi connectivity index (χ3n) is 5.86. The molecule has 0 saturated heterocycles. The number of aromatic nitrogens is 1. The number of fused-ring (bicyclic) bond motifs is 2. The summed E-state index contributed by atoms with van der Waals surface area (Å²) < 4.78 is 2.20. The lowest BCUT2D eigenvalue weighted by Crippen LogP contribution is -2.35. The molecule has 0 bridgehead atoms. The van der Waals surface area contributed by atoms with Crippen LogP contribution in [0, 0.1) is 25.2 Å². The zero-order valence-electron chi connectivity index (χ0n) is 19.1. The number of thioether (sulfide) groups is 1. The minimum Gasteiger partial charge on any atom is -0.317 e. The van der Waals surface area contributed by atoms with Gasteiger partial charge in [-0.15, -0.1) is 0 Å². The molecule has 2 aliphatic heterocycles. The minimum atomic E-state index is -0.394. The maximum atomic E-state index is 12.8. The molecule has 1 aromatic heterocycles. The quantitative estimate of drug-likeness (QED) is 0.497. The van der Waals surface area contributed by atoms with Crippen molar-refractivity contribution in [2.75, 3.05) is 0 Å². The van der Waals surface area contributed by atoms with Crippen molar-refractivity contribution in [3.8, 4) is 5.69 Å². The van der Waals surface area contributed by atoms with Gasteiger partial charge in [0, 0.05) is 23.2 Å². The van der Waals surface area contributed by atoms with Gasteiger partial charge in [0.25, 0.3) is 5.91 Å². The Morgan fingerprint density at radius 2 is 1.88 bits per heavy atom. The number of carbonyl (C=O) groups is 1. The number of aliphatic imine (C=N–C) groups is 1. The topological polar surface area (TPSA) is 73.8 Å². The van der Waals surface area contributed by atoms with Crippen LogP contribution in [-0.4, -0.2) is 31.5 Å². The van der Waals surface area contributed by atoms with Crippen molar-refractivity contribution in [3.05, 3.63) is 71.1 Å². The second-order valence-electron chi connectivity index (χ2n) is 8.77. The first-order chi connectivity index (χ1) is 15.8. The molecule has 0 fully saturated rings. The fourth-order valence-corrected chi connectivity index (χ4v) is 5.42. The molecule has 2 aromatic carbocycles. The van der Waals surface area contributed by atoms with Crippen LogP contribution < -0.4 is 0 Å². The van der Waals surface area contributed by atoms with Crippen molar-refractivity contribution in [2.24, 2.45) is 16.0 Å². The molecule has 33 heavy (non-hydrogen) atoms. The molecule has 0 radical (unpaired) electrons. The average molecular weight is 456 g/mol. The number of amides is 1. The van der Waals surface area contributed by atoms with Crippen molar-refractivity contribution in [3.63, 3.8) is 0 Å². The second kappa shape index (κ2) is 8.15. The van der Waals surface area contributed by atoms with Gasteiger partial charge >= 0.3 is 0 Å². The maximum absolute atomic E-state index is 12.8. The number of benzene rings is 2. The smallest absolute Gasteiger partial charge is 0.283 e. The first-order valence-corrected chi connectivity index (χ1v) is 11.8. The van der Waals surface area contributed by atoms with E-state index in [2.05, 4.69) is 71.8 Å². The third-order valence-corrected chi connectivity index (χ3v) is 6.79. The Labute approximate surface area is 197 Å². The van der Waals surface area contributed by atoms with E-state index in [-0.39, 0.29) is 11.4 Å². The molecule has 0 saturated carbocycles. The number of carbonyl (C=O) groups excluding carboxylic acids is 1. The number of aryl methyl sites for hydroxylation is 1. The summed E-state index contributed by atoms with van der Waals surface area (Å²) in [6.07, 6.45) is 2.57. The highest BCUT2D eigenvalue weighted by atomic mass is 32.2. The summed E-state index contributed by atoms with van der Waals surface area (Å²) >= 11 is 1.38. The Bertz CT molecular complexity index is 1400. The Balaban J connectivity index is 1.55. The molecule has 2 aliphatic rings. The lowest BCUT2D eigenvalue weighted by molar-refractivity contribution is -0.114. The summed E-state index contributed by atoms with van der Waals surface area (Å²) in [4.78, 5) is 17.1. The number of hydrogen-bond acceptors (Lipinski definition) is 4. The van der Waals surface area contributed by atoms with E-state index in [0.29, 0.717) is 11.1 Å². The lowest BCUT2D eigenvalue weighted by atomic mass is 10.1. The standard InChI is InChI=1S/C26H25N5OS/c1-15(2)12-23-29-31-24(27)21(25(32)28-26(31)33-23)14-19-13-16(3)30(17(19)4)22-11-7-9-18-8-5-6-10-20(18)22/h5-11,13-15,27H,12H2,1-4H3/b21-14+,27-24?. The minimum absolute atomic E-state index is 0.0752. The van der Waals surface area contributed by atoms with Crippen LogP contribution in [0.4, 0.5) is 0 Å². The predicted molar refractivity (Wildman–Crippen MR) is 137 cm³/mol. The van der Waals surface area contributed by atoms with Crippen LogP contribution in [-0.2, 0) is 4.79 Å². The molecule has 5 rings (SSSR count). The van der Waals surface area contributed by atoms with E-state index in [1.165, 1.54) is 22.2 Å². The van der Waals surface area contributed by atoms with Gasteiger partial charge in [0.1, 0.15) is 5.04 Å². The van der Waals surface area contributed by atoms with Gasteiger partial charge < -0.3 is 4.57 Å². The van der Waals surface area contributed by atoms with Crippen LogP contribution in [0.2, 0.25) is 0 Å². The number of nitrogens with one attached hydrogen (secondary N) is 1. The van der Waals surface area contributed by atoms with Crippen molar-refractivity contribution in [2.45, 2.75) is 34.1 Å². The van der Waals surface area contributed by atoms with Gasteiger partial charge in [0.2, 0.25) is 5.17 Å². The van der Waals surface area contributed by atoms with E-state index >= 15 is 0 Å². The van der Waals surface area contributed by atoms with Crippen LogP contribution in [0.25, 0.3) is 22.5 Å². The van der Waals surface area contributed by atoms with Crippen molar-refractivity contribution >= 4 is 50.6 Å². The fourth-order valence-electron chi connectivity index (χ4n) is 4.33. The molecular weight excluding hydrogens is 430 g/mol. The number of nitrogens with zero attached hydrogens (tertiary/aromatic N) is 4. The molecule has 166 valence electrons. The van der Waals surface area contributed by atoms with E-state index in [4.69, 9.17) is 5.41 Å². The van der Waals surface area contributed by atoms with Gasteiger partial charge in [-0.2, -0.15) is 15.1 Å². The second-order valence-corrected chi connectivity index (χ2v) is 9.81. The summed E-state index contributed by atoms with van der Waals surface area (Å²) in [5.41, 5.74) is 4.31. The highest BCUT2D eigenvalue weighted by Crippen LogP contribution is 2.32. The summed E-state index contributed by atoms with van der Waals surface area (Å²) in [5.74, 6) is 0.124. The van der Waals surface area contributed by atoms with Gasteiger partial charge in [0.05, 0.1) is 11.3 Å². The fraction of sp³-hybridized carbons (Fsp3) is 0.231. The molecule has 0 atom stereocenters. The Morgan fingerprint density at radius 3 is 2.67 bits per heavy atom. The first-order valence-electron chi connectivity index (χ1n) is 11.0. The first kappa shape index (κ1) is 21.4. The van der Waals surface area contributed by atoms with Crippen molar-refractivity contribution < 1.29 is 4.79 Å². The van der Waals surface area contributed by atoms with Crippen molar-refractivity contribution in [1.82, 2.24) is 9.58 Å². The molecule has 3 aromatic rings. The van der Waals surface area contributed by atoms with Crippen LogP contribution >= 0.6 is 11.8 Å².